The summed E-state index contributed by atoms with van der Waals surface area (Å²) in [6.45, 7) is 4.54. The second-order valence-electron chi connectivity index (χ2n) is 10.4. The molecule has 0 aliphatic heterocycles. The number of rotatable bonds is 12. The highest BCUT2D eigenvalue weighted by atomic mass is 14.5. The van der Waals surface area contributed by atoms with Crippen LogP contribution < -0.4 is 11.5 Å². The Kier molecular flexibility index (Phi) is 9.43. The first-order valence-corrected chi connectivity index (χ1v) is 13.9. The van der Waals surface area contributed by atoms with E-state index in [4.69, 9.17) is 11.5 Å². The van der Waals surface area contributed by atoms with E-state index in [1.165, 1.54) is 63.8 Å². The molecule has 0 aliphatic carbocycles. The second kappa shape index (κ2) is 13.1. The molecule has 4 N–H and O–H groups in total. The zero-order chi connectivity index (χ0) is 26.0. The van der Waals surface area contributed by atoms with Gasteiger partial charge in [0.25, 0.3) is 0 Å². The Hall–Kier alpha value is -3.52. The van der Waals surface area contributed by atoms with Crippen LogP contribution in [0.1, 0.15) is 77.6 Å². The molecule has 4 rings (SSSR count). The van der Waals surface area contributed by atoms with Gasteiger partial charge < -0.3 is 11.5 Å². The first-order chi connectivity index (χ1) is 18.0. The van der Waals surface area contributed by atoms with Crippen LogP contribution in [-0.2, 0) is 38.5 Å². The van der Waals surface area contributed by atoms with E-state index in [1.54, 1.807) is 0 Å². The maximum atomic E-state index is 5.87. The van der Waals surface area contributed by atoms with Gasteiger partial charge in [0.15, 0.2) is 0 Å². The number of hydrogen-bond acceptors (Lipinski definition) is 2. The minimum atomic E-state index is 0.825. The van der Waals surface area contributed by atoms with Crippen molar-refractivity contribution in [2.24, 2.45) is 0 Å². The Morgan fingerprint density at radius 3 is 1.19 bits per heavy atom. The number of hydrogen-bond donors (Lipinski definition) is 2. The molecule has 0 aromatic heterocycles. The van der Waals surface area contributed by atoms with Gasteiger partial charge in [-0.3, -0.25) is 0 Å². The summed E-state index contributed by atoms with van der Waals surface area (Å²) in [6, 6.07) is 30.9. The molecule has 0 radical (unpaired) electrons. The van der Waals surface area contributed by atoms with E-state index in [2.05, 4.69) is 74.5 Å². The van der Waals surface area contributed by atoms with Crippen molar-refractivity contribution in [3.8, 4) is 0 Å². The van der Waals surface area contributed by atoms with E-state index in [1.807, 2.05) is 24.3 Å². The molecule has 37 heavy (non-hydrogen) atoms. The van der Waals surface area contributed by atoms with Crippen molar-refractivity contribution >= 4 is 11.4 Å². The van der Waals surface area contributed by atoms with Crippen LogP contribution in [0.5, 0.6) is 0 Å². The predicted octanol–water partition coefficient (Wildman–Crippen LogP) is 8.11. The number of nitrogen functional groups attached to an aromatic ring is 2. The lowest BCUT2D eigenvalue weighted by Gasteiger charge is -2.13. The van der Waals surface area contributed by atoms with E-state index < -0.39 is 0 Å². The standard InChI is InChI=1S/C35H42N2/c1-3-6-30-22-26(10-16-32(30)24-28-12-18-34(36)19-13-28)8-5-9-27-11-17-33(31(23-27)7-4-2)25-29-14-20-35(37)21-15-29/h10-23H,3-9,24-25,36-37H2,1-2H3. The van der Waals surface area contributed by atoms with E-state index in [0.717, 1.165) is 49.9 Å². The highest BCUT2D eigenvalue weighted by Crippen LogP contribution is 2.22. The molecule has 2 heteroatoms. The topological polar surface area (TPSA) is 52.0 Å². The zero-order valence-electron chi connectivity index (χ0n) is 22.6. The molecule has 2 nitrogen and oxygen atoms in total. The van der Waals surface area contributed by atoms with Gasteiger partial charge in [0.2, 0.25) is 0 Å². The summed E-state index contributed by atoms with van der Waals surface area (Å²) in [5.41, 5.74) is 24.8. The first-order valence-electron chi connectivity index (χ1n) is 13.9. The van der Waals surface area contributed by atoms with E-state index in [9.17, 15) is 0 Å². The van der Waals surface area contributed by atoms with Gasteiger partial charge in [0, 0.05) is 11.4 Å². The number of benzene rings is 4. The molecule has 0 saturated carbocycles. The summed E-state index contributed by atoms with van der Waals surface area (Å²) in [7, 11) is 0. The maximum absolute atomic E-state index is 5.87. The van der Waals surface area contributed by atoms with Crippen LogP contribution in [-0.4, -0.2) is 0 Å². The fourth-order valence-electron chi connectivity index (χ4n) is 5.23. The molecule has 0 fully saturated rings. The van der Waals surface area contributed by atoms with Gasteiger partial charge in [-0.05, 0) is 114 Å². The molecule has 0 saturated heterocycles. The lowest BCUT2D eigenvalue weighted by Crippen LogP contribution is -2.00. The molecule has 0 heterocycles. The predicted molar refractivity (Wildman–Crippen MR) is 160 cm³/mol. The van der Waals surface area contributed by atoms with Crippen molar-refractivity contribution in [1.82, 2.24) is 0 Å². The van der Waals surface area contributed by atoms with Crippen LogP contribution in [0.25, 0.3) is 0 Å². The largest absolute Gasteiger partial charge is 0.399 e. The molecule has 0 unspecified atom stereocenters. The summed E-state index contributed by atoms with van der Waals surface area (Å²) >= 11 is 0. The van der Waals surface area contributed by atoms with Crippen molar-refractivity contribution in [2.45, 2.75) is 71.6 Å². The van der Waals surface area contributed by atoms with Gasteiger partial charge in [-0.1, -0.05) is 87.4 Å². The average molecular weight is 491 g/mol. The minimum Gasteiger partial charge on any atom is -0.399 e. The van der Waals surface area contributed by atoms with Crippen molar-refractivity contribution in [1.29, 1.82) is 0 Å². The number of anilines is 2. The molecule has 0 spiro atoms. The van der Waals surface area contributed by atoms with Crippen LogP contribution in [0.4, 0.5) is 11.4 Å². The van der Waals surface area contributed by atoms with Crippen LogP contribution in [0.2, 0.25) is 0 Å². The first kappa shape index (κ1) is 26.5. The maximum Gasteiger partial charge on any atom is 0.0314 e. The van der Waals surface area contributed by atoms with Gasteiger partial charge >= 0.3 is 0 Å². The smallest absolute Gasteiger partial charge is 0.0314 e. The Bertz CT molecular complexity index is 1170. The molecule has 192 valence electrons. The highest BCUT2D eigenvalue weighted by Gasteiger charge is 2.08. The van der Waals surface area contributed by atoms with Crippen LogP contribution in [0, 0.1) is 0 Å². The fourth-order valence-corrected chi connectivity index (χ4v) is 5.23. The van der Waals surface area contributed by atoms with Gasteiger partial charge in [0.05, 0.1) is 0 Å². The Labute approximate surface area is 223 Å². The second-order valence-corrected chi connectivity index (χ2v) is 10.4. The van der Waals surface area contributed by atoms with E-state index in [0.29, 0.717) is 0 Å². The molecule has 0 amide bonds. The molecule has 4 aromatic carbocycles. The number of aryl methyl sites for hydroxylation is 4. The molecular formula is C35H42N2. The van der Waals surface area contributed by atoms with Crippen molar-refractivity contribution in [2.75, 3.05) is 11.5 Å². The summed E-state index contributed by atoms with van der Waals surface area (Å²) in [5, 5.41) is 0. The monoisotopic (exact) mass is 490 g/mol. The normalized spacial score (nSPS) is 11.1. The quantitative estimate of drug-likeness (QED) is 0.197. The van der Waals surface area contributed by atoms with Gasteiger partial charge in [-0.2, -0.15) is 0 Å². The Morgan fingerprint density at radius 2 is 0.811 bits per heavy atom. The lowest BCUT2D eigenvalue weighted by atomic mass is 9.92. The molecular weight excluding hydrogens is 448 g/mol. The van der Waals surface area contributed by atoms with Crippen molar-refractivity contribution < 1.29 is 0 Å². The Morgan fingerprint density at radius 1 is 0.432 bits per heavy atom. The van der Waals surface area contributed by atoms with Crippen LogP contribution in [0.3, 0.4) is 0 Å². The third kappa shape index (κ3) is 7.73. The van der Waals surface area contributed by atoms with Gasteiger partial charge in [-0.15, -0.1) is 0 Å². The molecule has 0 bridgehead atoms. The van der Waals surface area contributed by atoms with Crippen LogP contribution in [0.15, 0.2) is 84.9 Å². The highest BCUT2D eigenvalue weighted by molar-refractivity contribution is 5.43. The molecule has 4 aromatic rings. The van der Waals surface area contributed by atoms with Crippen molar-refractivity contribution in [3.05, 3.63) is 129 Å². The summed E-state index contributed by atoms with van der Waals surface area (Å²) in [6.07, 6.45) is 9.96. The van der Waals surface area contributed by atoms with Crippen molar-refractivity contribution in [3.63, 3.8) is 0 Å². The summed E-state index contributed by atoms with van der Waals surface area (Å²) < 4.78 is 0. The minimum absolute atomic E-state index is 0.825. The average Bonchev–Trinajstić information content (AvgIpc) is 2.90. The summed E-state index contributed by atoms with van der Waals surface area (Å²) in [4.78, 5) is 0. The fraction of sp³-hybridized carbons (Fsp3) is 0.314. The van der Waals surface area contributed by atoms with Crippen LogP contribution >= 0.6 is 0 Å². The third-order valence-electron chi connectivity index (χ3n) is 7.26. The molecule has 0 atom stereocenters. The summed E-state index contributed by atoms with van der Waals surface area (Å²) in [5.74, 6) is 0. The third-order valence-corrected chi connectivity index (χ3v) is 7.26. The Balaban J connectivity index is 1.39. The number of nitrogens with two attached hydrogens (primary N) is 2. The zero-order valence-corrected chi connectivity index (χ0v) is 22.6. The van der Waals surface area contributed by atoms with Gasteiger partial charge in [0.1, 0.15) is 0 Å². The molecule has 0 aliphatic rings. The van der Waals surface area contributed by atoms with Gasteiger partial charge in [-0.25, -0.2) is 0 Å². The lowest BCUT2D eigenvalue weighted by molar-refractivity contribution is 0.810. The SMILES string of the molecule is CCCc1cc(CCCc2ccc(Cc3ccc(N)cc3)c(CCC)c2)ccc1Cc1ccc(N)cc1. The van der Waals surface area contributed by atoms with E-state index >= 15 is 0 Å². The van der Waals surface area contributed by atoms with E-state index in [-0.39, 0.29) is 0 Å².